The van der Waals surface area contributed by atoms with Crippen LogP contribution >= 0.6 is 23.2 Å². The Morgan fingerprint density at radius 3 is 2.35 bits per heavy atom. The first-order valence-corrected chi connectivity index (χ1v) is 11.6. The quantitative estimate of drug-likeness (QED) is 0.673. The Bertz CT molecular complexity index is 1120. The predicted octanol–water partition coefficient (Wildman–Crippen LogP) is 3.53. The third kappa shape index (κ3) is 5.17. The Labute approximate surface area is 189 Å². The van der Waals surface area contributed by atoms with E-state index in [0.717, 1.165) is 12.1 Å². The van der Waals surface area contributed by atoms with Gasteiger partial charge in [0.05, 0.1) is 20.5 Å². The molecule has 7 nitrogen and oxygen atoms in total. The zero-order chi connectivity index (χ0) is 22.8. The average Bonchev–Trinajstić information content (AvgIpc) is 2.76. The monoisotopic (exact) mass is 487 g/mol. The van der Waals surface area contributed by atoms with Gasteiger partial charge in [-0.25, -0.2) is 12.8 Å². The maximum absolute atomic E-state index is 13.3. The van der Waals surface area contributed by atoms with E-state index in [1.807, 2.05) is 0 Å². The highest BCUT2D eigenvalue weighted by molar-refractivity contribution is 7.89. The van der Waals surface area contributed by atoms with Crippen LogP contribution in [-0.4, -0.2) is 44.7 Å². The molecule has 0 atom stereocenters. The molecule has 1 saturated heterocycles. The fraction of sp³-hybridized carbons (Fsp3) is 0.300. The van der Waals surface area contributed by atoms with E-state index in [4.69, 9.17) is 23.2 Å². The molecule has 2 N–H and O–H groups in total. The van der Waals surface area contributed by atoms with Gasteiger partial charge in [-0.3, -0.25) is 9.59 Å². The van der Waals surface area contributed by atoms with Gasteiger partial charge < -0.3 is 10.6 Å². The van der Waals surface area contributed by atoms with Crippen molar-refractivity contribution in [3.8, 4) is 0 Å². The number of rotatable bonds is 5. The second-order valence-electron chi connectivity index (χ2n) is 7.02. The van der Waals surface area contributed by atoms with Crippen LogP contribution in [0, 0.1) is 11.7 Å². The van der Waals surface area contributed by atoms with Gasteiger partial charge in [0, 0.05) is 31.7 Å². The minimum absolute atomic E-state index is 0.0929. The third-order valence-electron chi connectivity index (χ3n) is 5.06. The van der Waals surface area contributed by atoms with Gasteiger partial charge in [0.25, 0.3) is 5.91 Å². The standard InChI is InChI=1S/C20H20Cl2FN3O4S/c1-24-20(28)15-10-13(2-4-16(15)21)25-19(27)12-6-8-26(9-7-12)31(29,30)14-3-5-18(23)17(22)11-14/h2-5,10-12H,6-9H2,1H3,(H,24,28)(H,25,27). The van der Waals surface area contributed by atoms with Crippen LogP contribution in [0.25, 0.3) is 0 Å². The third-order valence-corrected chi connectivity index (χ3v) is 7.57. The lowest BCUT2D eigenvalue weighted by molar-refractivity contribution is -0.120. The molecule has 3 rings (SSSR count). The van der Waals surface area contributed by atoms with E-state index in [-0.39, 0.29) is 45.4 Å². The SMILES string of the molecule is CNC(=O)c1cc(NC(=O)C2CCN(S(=O)(=O)c3ccc(F)c(Cl)c3)CC2)ccc1Cl. The molecular formula is C20H20Cl2FN3O4S. The normalized spacial score (nSPS) is 15.5. The van der Waals surface area contributed by atoms with Crippen LogP contribution in [0.15, 0.2) is 41.3 Å². The molecule has 1 fully saturated rings. The van der Waals surface area contributed by atoms with E-state index in [1.54, 1.807) is 6.07 Å². The minimum atomic E-state index is -3.84. The Kier molecular flexibility index (Phi) is 7.20. The van der Waals surface area contributed by atoms with Gasteiger partial charge in [-0.15, -0.1) is 0 Å². The molecule has 0 aliphatic carbocycles. The molecule has 2 aromatic rings. The van der Waals surface area contributed by atoms with Gasteiger partial charge in [0.2, 0.25) is 15.9 Å². The van der Waals surface area contributed by atoms with Gasteiger partial charge in [0.15, 0.2) is 0 Å². The molecule has 1 aliphatic rings. The van der Waals surface area contributed by atoms with Crippen LogP contribution in [-0.2, 0) is 14.8 Å². The second kappa shape index (κ2) is 9.52. The van der Waals surface area contributed by atoms with Crippen LogP contribution in [0.1, 0.15) is 23.2 Å². The fourth-order valence-electron chi connectivity index (χ4n) is 3.30. The fourth-order valence-corrected chi connectivity index (χ4v) is 5.25. The van der Waals surface area contributed by atoms with Crippen molar-refractivity contribution in [1.82, 2.24) is 9.62 Å². The van der Waals surface area contributed by atoms with Crippen LogP contribution in [0.5, 0.6) is 0 Å². The van der Waals surface area contributed by atoms with E-state index in [0.29, 0.717) is 18.5 Å². The van der Waals surface area contributed by atoms with Crippen molar-refractivity contribution in [3.63, 3.8) is 0 Å². The summed E-state index contributed by atoms with van der Waals surface area (Å²) in [6.45, 7) is 0.277. The molecule has 0 bridgehead atoms. The number of sulfonamides is 1. The summed E-state index contributed by atoms with van der Waals surface area (Å²) in [7, 11) is -2.36. The Balaban J connectivity index is 1.65. The summed E-state index contributed by atoms with van der Waals surface area (Å²) in [5, 5.41) is 5.22. The van der Waals surface area contributed by atoms with Gasteiger partial charge in [-0.1, -0.05) is 23.2 Å². The number of hydrogen-bond acceptors (Lipinski definition) is 4. The lowest BCUT2D eigenvalue weighted by Gasteiger charge is -2.30. The van der Waals surface area contributed by atoms with Gasteiger partial charge >= 0.3 is 0 Å². The molecule has 1 aliphatic heterocycles. The summed E-state index contributed by atoms with van der Waals surface area (Å²) in [6, 6.07) is 7.84. The highest BCUT2D eigenvalue weighted by atomic mass is 35.5. The topological polar surface area (TPSA) is 95.6 Å². The molecule has 1 heterocycles. The average molecular weight is 488 g/mol. The summed E-state index contributed by atoms with van der Waals surface area (Å²) < 4.78 is 40.1. The van der Waals surface area contributed by atoms with E-state index in [9.17, 15) is 22.4 Å². The Morgan fingerprint density at radius 2 is 1.74 bits per heavy atom. The van der Waals surface area contributed by atoms with E-state index >= 15 is 0 Å². The number of halogens is 3. The number of carbonyl (C=O) groups is 2. The zero-order valence-corrected chi connectivity index (χ0v) is 18.8. The van der Waals surface area contributed by atoms with Crippen molar-refractivity contribution in [2.24, 2.45) is 5.92 Å². The molecular weight excluding hydrogens is 468 g/mol. The summed E-state index contributed by atoms with van der Waals surface area (Å²) in [5.41, 5.74) is 0.657. The van der Waals surface area contributed by atoms with Crippen molar-refractivity contribution in [2.45, 2.75) is 17.7 Å². The first kappa shape index (κ1) is 23.5. The van der Waals surface area contributed by atoms with E-state index in [2.05, 4.69) is 10.6 Å². The molecule has 0 unspecified atom stereocenters. The van der Waals surface area contributed by atoms with Crippen LogP contribution in [0.2, 0.25) is 10.0 Å². The number of amides is 2. The molecule has 0 spiro atoms. The highest BCUT2D eigenvalue weighted by Crippen LogP contribution is 2.28. The molecule has 0 saturated carbocycles. The number of anilines is 1. The lowest BCUT2D eigenvalue weighted by Crippen LogP contribution is -2.41. The highest BCUT2D eigenvalue weighted by Gasteiger charge is 2.32. The summed E-state index contributed by atoms with van der Waals surface area (Å²) in [6.07, 6.45) is 0.631. The van der Waals surface area contributed by atoms with Gasteiger partial charge in [-0.2, -0.15) is 4.31 Å². The van der Waals surface area contributed by atoms with Crippen molar-refractivity contribution in [3.05, 3.63) is 57.8 Å². The Morgan fingerprint density at radius 1 is 1.06 bits per heavy atom. The predicted molar refractivity (Wildman–Crippen MR) is 116 cm³/mol. The maximum Gasteiger partial charge on any atom is 0.252 e. The summed E-state index contributed by atoms with van der Waals surface area (Å²) in [4.78, 5) is 24.4. The van der Waals surface area contributed by atoms with Crippen molar-refractivity contribution < 1.29 is 22.4 Å². The molecule has 2 aromatic carbocycles. The number of benzene rings is 2. The smallest absolute Gasteiger partial charge is 0.252 e. The van der Waals surface area contributed by atoms with Crippen LogP contribution in [0.4, 0.5) is 10.1 Å². The second-order valence-corrected chi connectivity index (χ2v) is 9.77. The number of piperidine rings is 1. The van der Waals surface area contributed by atoms with Gasteiger partial charge in [0.1, 0.15) is 5.82 Å². The number of carbonyl (C=O) groups excluding carboxylic acids is 2. The maximum atomic E-state index is 13.3. The lowest BCUT2D eigenvalue weighted by atomic mass is 9.97. The van der Waals surface area contributed by atoms with Crippen molar-refractivity contribution >= 4 is 50.7 Å². The van der Waals surface area contributed by atoms with E-state index in [1.165, 1.54) is 29.6 Å². The molecule has 0 radical (unpaired) electrons. The first-order valence-electron chi connectivity index (χ1n) is 9.41. The first-order chi connectivity index (χ1) is 14.6. The van der Waals surface area contributed by atoms with Crippen molar-refractivity contribution in [1.29, 1.82) is 0 Å². The minimum Gasteiger partial charge on any atom is -0.355 e. The molecule has 2 amide bonds. The molecule has 166 valence electrons. The van der Waals surface area contributed by atoms with Gasteiger partial charge in [-0.05, 0) is 49.2 Å². The van der Waals surface area contributed by atoms with E-state index < -0.39 is 21.8 Å². The Hall–Kier alpha value is -2.20. The number of hydrogen-bond donors (Lipinski definition) is 2. The molecule has 11 heteroatoms. The molecule has 31 heavy (non-hydrogen) atoms. The number of nitrogens with one attached hydrogen (secondary N) is 2. The van der Waals surface area contributed by atoms with Crippen LogP contribution in [0.3, 0.4) is 0 Å². The zero-order valence-electron chi connectivity index (χ0n) is 16.5. The largest absolute Gasteiger partial charge is 0.355 e. The van der Waals surface area contributed by atoms with Crippen molar-refractivity contribution in [2.75, 3.05) is 25.5 Å². The summed E-state index contributed by atoms with van der Waals surface area (Å²) in [5.74, 6) is -1.74. The van der Waals surface area contributed by atoms with Crippen LogP contribution < -0.4 is 10.6 Å². The molecule has 0 aromatic heterocycles. The number of nitrogens with zero attached hydrogens (tertiary/aromatic N) is 1. The summed E-state index contributed by atoms with van der Waals surface area (Å²) >= 11 is 11.7.